The number of aromatic amines is 1. The minimum absolute atomic E-state index is 0.0638. The van der Waals surface area contributed by atoms with E-state index in [2.05, 4.69) is 22.5 Å². The van der Waals surface area contributed by atoms with Crippen molar-refractivity contribution in [2.24, 2.45) is 0 Å². The topological polar surface area (TPSA) is 32.9 Å². The Labute approximate surface area is 96.2 Å². The van der Waals surface area contributed by atoms with Crippen molar-refractivity contribution < 1.29 is 0 Å². The second-order valence-electron chi connectivity index (χ2n) is 3.57. The summed E-state index contributed by atoms with van der Waals surface area (Å²) in [6, 6.07) is 13.4. The Bertz CT molecular complexity index is 696. The van der Waals surface area contributed by atoms with Crippen LogP contribution in [0, 0.1) is 0 Å². The maximum absolute atomic E-state index is 11.3. The fraction of sp³-hybridized carbons (Fsp3) is 0. The van der Waals surface area contributed by atoms with Crippen LogP contribution in [-0.2, 0) is 0 Å². The molecule has 3 rings (SSSR count). The van der Waals surface area contributed by atoms with E-state index in [0.717, 1.165) is 11.3 Å². The molecular formula is C13H9NOS. The first kappa shape index (κ1) is 9.36. The Morgan fingerprint density at radius 2 is 1.88 bits per heavy atom. The Morgan fingerprint density at radius 3 is 2.75 bits per heavy atom. The summed E-state index contributed by atoms with van der Waals surface area (Å²) < 4.78 is 1.21. The zero-order valence-electron chi connectivity index (χ0n) is 8.44. The van der Waals surface area contributed by atoms with Crippen LogP contribution in [0.2, 0.25) is 0 Å². The van der Waals surface area contributed by atoms with Gasteiger partial charge in [-0.3, -0.25) is 4.79 Å². The van der Waals surface area contributed by atoms with E-state index in [9.17, 15) is 4.79 Å². The van der Waals surface area contributed by atoms with Crippen molar-refractivity contribution in [1.82, 2.24) is 4.98 Å². The SMILES string of the molecule is O=c1cccc(-c2cccc3ccsc23)[nH]1. The highest BCUT2D eigenvalue weighted by atomic mass is 32.1. The molecule has 1 aromatic carbocycles. The van der Waals surface area contributed by atoms with Gasteiger partial charge in [-0.1, -0.05) is 24.3 Å². The van der Waals surface area contributed by atoms with Crippen LogP contribution < -0.4 is 5.56 Å². The minimum atomic E-state index is -0.0638. The highest BCUT2D eigenvalue weighted by Gasteiger charge is 2.04. The molecule has 2 aromatic heterocycles. The Kier molecular flexibility index (Phi) is 2.11. The Balaban J connectivity index is 2.33. The lowest BCUT2D eigenvalue weighted by Gasteiger charge is -2.02. The average molecular weight is 227 g/mol. The van der Waals surface area contributed by atoms with Gasteiger partial charge in [0.25, 0.3) is 0 Å². The lowest BCUT2D eigenvalue weighted by molar-refractivity contribution is 1.25. The lowest BCUT2D eigenvalue weighted by atomic mass is 10.1. The number of benzene rings is 1. The molecule has 3 aromatic rings. The molecule has 0 aliphatic heterocycles. The van der Waals surface area contributed by atoms with E-state index in [1.807, 2.05) is 18.2 Å². The van der Waals surface area contributed by atoms with Gasteiger partial charge in [-0.05, 0) is 22.9 Å². The fourth-order valence-corrected chi connectivity index (χ4v) is 2.74. The number of thiophene rings is 1. The maximum atomic E-state index is 11.3. The van der Waals surface area contributed by atoms with Crippen LogP contribution in [0.4, 0.5) is 0 Å². The van der Waals surface area contributed by atoms with Gasteiger partial charge in [0.1, 0.15) is 0 Å². The first-order valence-electron chi connectivity index (χ1n) is 5.00. The van der Waals surface area contributed by atoms with Gasteiger partial charge in [0.05, 0.1) is 0 Å². The highest BCUT2D eigenvalue weighted by Crippen LogP contribution is 2.30. The van der Waals surface area contributed by atoms with Crippen molar-refractivity contribution >= 4 is 21.4 Å². The van der Waals surface area contributed by atoms with Crippen LogP contribution in [0.3, 0.4) is 0 Å². The highest BCUT2D eigenvalue weighted by molar-refractivity contribution is 7.17. The normalized spacial score (nSPS) is 10.8. The number of rotatable bonds is 1. The molecule has 0 spiro atoms. The summed E-state index contributed by atoms with van der Waals surface area (Å²) in [7, 11) is 0. The van der Waals surface area contributed by atoms with Crippen LogP contribution in [0.1, 0.15) is 0 Å². The number of hydrogen-bond acceptors (Lipinski definition) is 2. The van der Waals surface area contributed by atoms with Crippen LogP contribution in [-0.4, -0.2) is 4.98 Å². The van der Waals surface area contributed by atoms with Crippen LogP contribution in [0.15, 0.2) is 52.6 Å². The van der Waals surface area contributed by atoms with Gasteiger partial charge in [0.2, 0.25) is 5.56 Å². The van der Waals surface area contributed by atoms with Gasteiger partial charge >= 0.3 is 0 Å². The smallest absolute Gasteiger partial charge is 0.248 e. The van der Waals surface area contributed by atoms with Crippen LogP contribution in [0.25, 0.3) is 21.3 Å². The number of aromatic nitrogens is 1. The molecule has 78 valence electrons. The van der Waals surface area contributed by atoms with Crippen molar-refractivity contribution in [3.05, 3.63) is 58.2 Å². The zero-order valence-corrected chi connectivity index (χ0v) is 9.25. The third-order valence-corrected chi connectivity index (χ3v) is 3.50. The monoisotopic (exact) mass is 227 g/mol. The van der Waals surface area contributed by atoms with Gasteiger partial charge in [0.15, 0.2) is 0 Å². The first-order chi connectivity index (χ1) is 7.84. The molecule has 0 saturated heterocycles. The summed E-state index contributed by atoms with van der Waals surface area (Å²) in [5.74, 6) is 0. The molecule has 0 bridgehead atoms. The second kappa shape index (κ2) is 3.61. The van der Waals surface area contributed by atoms with E-state index in [4.69, 9.17) is 0 Å². The summed E-state index contributed by atoms with van der Waals surface area (Å²) >= 11 is 1.69. The predicted octanol–water partition coefficient (Wildman–Crippen LogP) is 3.26. The standard InChI is InChI=1S/C13H9NOS/c15-12-6-2-5-11(14-12)10-4-1-3-9-7-8-16-13(9)10/h1-8H,(H,14,15). The van der Waals surface area contributed by atoms with Crippen molar-refractivity contribution in [2.75, 3.05) is 0 Å². The van der Waals surface area contributed by atoms with E-state index in [1.54, 1.807) is 17.4 Å². The number of hydrogen-bond donors (Lipinski definition) is 1. The third-order valence-electron chi connectivity index (χ3n) is 2.54. The van der Waals surface area contributed by atoms with E-state index in [1.165, 1.54) is 16.2 Å². The van der Waals surface area contributed by atoms with E-state index >= 15 is 0 Å². The molecule has 0 radical (unpaired) electrons. The van der Waals surface area contributed by atoms with Crippen molar-refractivity contribution in [3.63, 3.8) is 0 Å². The number of H-pyrrole nitrogens is 1. The van der Waals surface area contributed by atoms with E-state index in [-0.39, 0.29) is 5.56 Å². The molecule has 0 atom stereocenters. The third kappa shape index (κ3) is 1.46. The maximum Gasteiger partial charge on any atom is 0.248 e. The van der Waals surface area contributed by atoms with Crippen LogP contribution in [0.5, 0.6) is 0 Å². The molecule has 1 N–H and O–H groups in total. The summed E-state index contributed by atoms with van der Waals surface area (Å²) in [6.45, 7) is 0. The summed E-state index contributed by atoms with van der Waals surface area (Å²) in [6.07, 6.45) is 0. The van der Waals surface area contributed by atoms with Gasteiger partial charge in [0, 0.05) is 22.0 Å². The fourth-order valence-electron chi connectivity index (χ4n) is 1.81. The summed E-state index contributed by atoms with van der Waals surface area (Å²) in [5.41, 5.74) is 1.90. The molecule has 0 unspecified atom stereocenters. The molecule has 0 aliphatic rings. The number of pyridine rings is 1. The second-order valence-corrected chi connectivity index (χ2v) is 4.49. The predicted molar refractivity (Wildman–Crippen MR) is 67.9 cm³/mol. The molecule has 0 amide bonds. The molecule has 2 nitrogen and oxygen atoms in total. The number of nitrogens with one attached hydrogen (secondary N) is 1. The van der Waals surface area contributed by atoms with Gasteiger partial charge in [-0.2, -0.15) is 0 Å². The number of fused-ring (bicyclic) bond motifs is 1. The molecule has 3 heteroatoms. The minimum Gasteiger partial charge on any atom is -0.322 e. The Morgan fingerprint density at radius 1 is 1.00 bits per heavy atom. The zero-order chi connectivity index (χ0) is 11.0. The van der Waals surface area contributed by atoms with E-state index in [0.29, 0.717) is 0 Å². The first-order valence-corrected chi connectivity index (χ1v) is 5.88. The molecule has 16 heavy (non-hydrogen) atoms. The van der Waals surface area contributed by atoms with Gasteiger partial charge in [-0.25, -0.2) is 0 Å². The largest absolute Gasteiger partial charge is 0.322 e. The van der Waals surface area contributed by atoms with Crippen molar-refractivity contribution in [1.29, 1.82) is 0 Å². The summed E-state index contributed by atoms with van der Waals surface area (Å²) in [5, 5.41) is 3.28. The lowest BCUT2D eigenvalue weighted by Crippen LogP contribution is -2.03. The molecule has 0 saturated carbocycles. The molecule has 0 fully saturated rings. The Hall–Kier alpha value is -1.87. The quantitative estimate of drug-likeness (QED) is 0.680. The average Bonchev–Trinajstić information content (AvgIpc) is 2.76. The van der Waals surface area contributed by atoms with Gasteiger partial charge in [-0.15, -0.1) is 11.3 Å². The summed E-state index contributed by atoms with van der Waals surface area (Å²) in [4.78, 5) is 14.1. The van der Waals surface area contributed by atoms with Gasteiger partial charge < -0.3 is 4.98 Å². The molecule has 0 aliphatic carbocycles. The molecular weight excluding hydrogens is 218 g/mol. The van der Waals surface area contributed by atoms with Crippen molar-refractivity contribution in [3.8, 4) is 11.3 Å². The van der Waals surface area contributed by atoms with E-state index < -0.39 is 0 Å². The van der Waals surface area contributed by atoms with Crippen LogP contribution >= 0.6 is 11.3 Å². The molecule has 2 heterocycles. The van der Waals surface area contributed by atoms with Crippen molar-refractivity contribution in [2.45, 2.75) is 0 Å².